The summed E-state index contributed by atoms with van der Waals surface area (Å²) in [4.78, 5) is 21.2. The lowest BCUT2D eigenvalue weighted by molar-refractivity contribution is 0.0704. The number of nitrogens with zero attached hydrogens (tertiary/aromatic N) is 4. The number of rotatable bonds is 2. The number of benzene rings is 1. The van der Waals surface area contributed by atoms with Gasteiger partial charge in [-0.2, -0.15) is 0 Å². The zero-order valence-corrected chi connectivity index (χ0v) is 14.5. The fourth-order valence-electron chi connectivity index (χ4n) is 2.93. The molecule has 1 saturated heterocycles. The maximum Gasteiger partial charge on any atom is 0.292 e. The summed E-state index contributed by atoms with van der Waals surface area (Å²) in [6, 6.07) is 7.94. The van der Waals surface area contributed by atoms with Gasteiger partial charge in [0.1, 0.15) is 0 Å². The van der Waals surface area contributed by atoms with Gasteiger partial charge in [0.25, 0.3) is 5.91 Å². The molecule has 0 N–H and O–H groups in total. The molecule has 1 aliphatic heterocycles. The Balaban J connectivity index is 1.47. The highest BCUT2D eigenvalue weighted by Crippen LogP contribution is 2.31. The minimum atomic E-state index is -0.0876. The molecule has 124 valence electrons. The molecule has 2 aromatic heterocycles. The molecule has 0 bridgehead atoms. The van der Waals surface area contributed by atoms with E-state index in [0.29, 0.717) is 18.8 Å². The first-order valence-electron chi connectivity index (χ1n) is 7.95. The van der Waals surface area contributed by atoms with E-state index in [2.05, 4.69) is 35.2 Å². The fourth-order valence-corrected chi connectivity index (χ4v) is 4.03. The molecule has 3 heterocycles. The van der Waals surface area contributed by atoms with Crippen molar-refractivity contribution < 1.29 is 9.32 Å². The molecule has 3 aromatic rings. The number of carbonyl (C=O) groups is 1. The molecule has 0 atom stereocenters. The van der Waals surface area contributed by atoms with Crippen molar-refractivity contribution in [3.63, 3.8) is 0 Å². The lowest BCUT2D eigenvalue weighted by Crippen LogP contribution is -2.48. The van der Waals surface area contributed by atoms with Crippen molar-refractivity contribution in [3.8, 4) is 0 Å². The molecule has 4 rings (SSSR count). The average Bonchev–Trinajstić information content (AvgIpc) is 3.21. The van der Waals surface area contributed by atoms with E-state index in [1.54, 1.807) is 17.4 Å². The third kappa shape index (κ3) is 2.65. The number of piperazine rings is 1. The summed E-state index contributed by atoms with van der Waals surface area (Å²) in [5.41, 5.74) is 3.00. The number of amides is 1. The van der Waals surface area contributed by atoms with Gasteiger partial charge in [-0.1, -0.05) is 28.6 Å². The van der Waals surface area contributed by atoms with Crippen LogP contribution in [0.1, 0.15) is 21.8 Å². The van der Waals surface area contributed by atoms with Crippen molar-refractivity contribution >= 4 is 32.6 Å². The van der Waals surface area contributed by atoms with Crippen LogP contribution in [-0.2, 0) is 0 Å². The Labute approximate surface area is 143 Å². The van der Waals surface area contributed by atoms with Gasteiger partial charge in [-0.3, -0.25) is 4.79 Å². The van der Waals surface area contributed by atoms with Crippen molar-refractivity contribution in [2.24, 2.45) is 0 Å². The van der Waals surface area contributed by atoms with E-state index in [0.717, 1.165) is 29.4 Å². The van der Waals surface area contributed by atoms with Gasteiger partial charge in [-0.05, 0) is 25.5 Å². The number of para-hydroxylation sites is 1. The third-order valence-corrected chi connectivity index (χ3v) is 5.37. The van der Waals surface area contributed by atoms with Gasteiger partial charge in [-0.25, -0.2) is 4.98 Å². The van der Waals surface area contributed by atoms with Gasteiger partial charge in [0.2, 0.25) is 5.76 Å². The molecule has 7 heteroatoms. The Morgan fingerprint density at radius 3 is 2.67 bits per heavy atom. The van der Waals surface area contributed by atoms with Crippen molar-refractivity contribution in [2.45, 2.75) is 13.8 Å². The minimum Gasteiger partial charge on any atom is -0.351 e. The molecular formula is C17H18N4O2S. The second kappa shape index (κ2) is 5.90. The summed E-state index contributed by atoms with van der Waals surface area (Å²) >= 11 is 1.71. The quantitative estimate of drug-likeness (QED) is 0.717. The average molecular weight is 342 g/mol. The van der Waals surface area contributed by atoms with Crippen LogP contribution in [0.2, 0.25) is 0 Å². The van der Waals surface area contributed by atoms with Crippen molar-refractivity contribution in [1.82, 2.24) is 15.0 Å². The SMILES string of the molecule is Cc1cc(C(=O)N2CCN(c3nc4c(C)cccc4s3)CC2)on1. The number of carbonyl (C=O) groups excluding carboxylic acids is 1. The summed E-state index contributed by atoms with van der Waals surface area (Å²) in [5, 5.41) is 4.82. The van der Waals surface area contributed by atoms with Crippen molar-refractivity contribution in [1.29, 1.82) is 0 Å². The molecule has 0 aliphatic carbocycles. The van der Waals surface area contributed by atoms with Crippen LogP contribution in [0.3, 0.4) is 0 Å². The Morgan fingerprint density at radius 1 is 1.21 bits per heavy atom. The lowest BCUT2D eigenvalue weighted by atomic mass is 10.2. The molecule has 1 fully saturated rings. The van der Waals surface area contributed by atoms with Gasteiger partial charge >= 0.3 is 0 Å². The molecule has 1 aromatic carbocycles. The number of aromatic nitrogens is 2. The molecule has 1 amide bonds. The summed E-state index contributed by atoms with van der Waals surface area (Å²) in [5.74, 6) is 0.229. The Bertz CT molecular complexity index is 893. The Morgan fingerprint density at radius 2 is 2.00 bits per heavy atom. The molecule has 0 spiro atoms. The molecule has 0 saturated carbocycles. The van der Waals surface area contributed by atoms with Gasteiger partial charge in [0, 0.05) is 32.2 Å². The van der Waals surface area contributed by atoms with Crippen LogP contribution >= 0.6 is 11.3 Å². The fraction of sp³-hybridized carbons (Fsp3) is 0.353. The summed E-state index contributed by atoms with van der Waals surface area (Å²) in [7, 11) is 0. The monoisotopic (exact) mass is 342 g/mol. The maximum atomic E-state index is 12.4. The van der Waals surface area contributed by atoms with Crippen LogP contribution < -0.4 is 4.90 Å². The largest absolute Gasteiger partial charge is 0.351 e. The van der Waals surface area contributed by atoms with Crippen LogP contribution in [0.5, 0.6) is 0 Å². The van der Waals surface area contributed by atoms with Gasteiger partial charge in [-0.15, -0.1) is 0 Å². The highest BCUT2D eigenvalue weighted by atomic mass is 32.1. The number of fused-ring (bicyclic) bond motifs is 1. The zero-order valence-electron chi connectivity index (χ0n) is 13.7. The van der Waals surface area contributed by atoms with E-state index in [1.165, 1.54) is 10.3 Å². The number of thiazole rings is 1. The maximum absolute atomic E-state index is 12.4. The molecule has 0 radical (unpaired) electrons. The normalized spacial score (nSPS) is 15.2. The topological polar surface area (TPSA) is 62.5 Å². The summed E-state index contributed by atoms with van der Waals surface area (Å²) < 4.78 is 6.29. The highest BCUT2D eigenvalue weighted by Gasteiger charge is 2.26. The van der Waals surface area contributed by atoms with Crippen LogP contribution in [0, 0.1) is 13.8 Å². The van der Waals surface area contributed by atoms with Crippen LogP contribution in [0.4, 0.5) is 5.13 Å². The van der Waals surface area contributed by atoms with E-state index in [-0.39, 0.29) is 5.91 Å². The molecular weight excluding hydrogens is 324 g/mol. The molecule has 24 heavy (non-hydrogen) atoms. The molecule has 1 aliphatic rings. The summed E-state index contributed by atoms with van der Waals surface area (Å²) in [6.45, 7) is 6.77. The first-order chi connectivity index (χ1) is 11.6. The van der Waals surface area contributed by atoms with E-state index in [1.807, 2.05) is 11.8 Å². The lowest BCUT2D eigenvalue weighted by Gasteiger charge is -2.33. The number of hydrogen-bond acceptors (Lipinski definition) is 6. The predicted molar refractivity (Wildman–Crippen MR) is 93.7 cm³/mol. The first-order valence-corrected chi connectivity index (χ1v) is 8.77. The number of anilines is 1. The van der Waals surface area contributed by atoms with Crippen molar-refractivity contribution in [2.75, 3.05) is 31.1 Å². The van der Waals surface area contributed by atoms with Crippen LogP contribution in [0.15, 0.2) is 28.8 Å². The van der Waals surface area contributed by atoms with E-state index >= 15 is 0 Å². The first kappa shape index (κ1) is 15.1. The Hall–Kier alpha value is -2.41. The van der Waals surface area contributed by atoms with Crippen LogP contribution in [0.25, 0.3) is 10.2 Å². The second-order valence-electron chi connectivity index (χ2n) is 6.03. The second-order valence-corrected chi connectivity index (χ2v) is 7.04. The smallest absolute Gasteiger partial charge is 0.292 e. The predicted octanol–water partition coefficient (Wildman–Crippen LogP) is 2.86. The van der Waals surface area contributed by atoms with E-state index in [4.69, 9.17) is 9.51 Å². The zero-order chi connectivity index (χ0) is 16.7. The standard InChI is InChI=1S/C17H18N4O2S/c1-11-4-3-5-14-15(11)18-17(24-14)21-8-6-20(7-9-21)16(22)13-10-12(2)19-23-13/h3-5,10H,6-9H2,1-2H3. The third-order valence-electron chi connectivity index (χ3n) is 4.29. The highest BCUT2D eigenvalue weighted by molar-refractivity contribution is 7.22. The van der Waals surface area contributed by atoms with Gasteiger partial charge < -0.3 is 14.3 Å². The minimum absolute atomic E-state index is 0.0876. The number of hydrogen-bond donors (Lipinski definition) is 0. The Kier molecular flexibility index (Phi) is 3.72. The van der Waals surface area contributed by atoms with Gasteiger partial charge in [0.15, 0.2) is 5.13 Å². The van der Waals surface area contributed by atoms with E-state index < -0.39 is 0 Å². The van der Waals surface area contributed by atoms with Gasteiger partial charge in [0.05, 0.1) is 15.9 Å². The van der Waals surface area contributed by atoms with Crippen LogP contribution in [-0.4, -0.2) is 47.1 Å². The number of aryl methyl sites for hydroxylation is 2. The van der Waals surface area contributed by atoms with Crippen molar-refractivity contribution in [3.05, 3.63) is 41.3 Å². The van der Waals surface area contributed by atoms with E-state index in [9.17, 15) is 4.79 Å². The molecule has 6 nitrogen and oxygen atoms in total. The molecule has 0 unspecified atom stereocenters. The summed E-state index contributed by atoms with van der Waals surface area (Å²) in [6.07, 6.45) is 0.